The van der Waals surface area contributed by atoms with Crippen molar-refractivity contribution in [2.24, 2.45) is 0 Å². The van der Waals surface area contributed by atoms with Gasteiger partial charge in [-0.15, -0.1) is 0 Å². The van der Waals surface area contributed by atoms with Gasteiger partial charge in [-0.2, -0.15) is 0 Å². The SMILES string of the molecule is COc1ccc2nc(-c3ccc(Cl)cc3)nc(Cl)c2c1. The van der Waals surface area contributed by atoms with Crippen molar-refractivity contribution in [3.05, 3.63) is 52.6 Å². The second-order valence-electron chi connectivity index (χ2n) is 4.23. The molecular weight excluding hydrogens is 295 g/mol. The van der Waals surface area contributed by atoms with Crippen LogP contribution in [0.25, 0.3) is 22.3 Å². The quantitative estimate of drug-likeness (QED) is 0.648. The Hall–Kier alpha value is -1.84. The molecule has 100 valence electrons. The zero-order valence-corrected chi connectivity index (χ0v) is 12.1. The number of ether oxygens (including phenoxy) is 1. The van der Waals surface area contributed by atoms with Crippen molar-refractivity contribution in [1.82, 2.24) is 9.97 Å². The van der Waals surface area contributed by atoms with E-state index in [9.17, 15) is 0 Å². The highest BCUT2D eigenvalue weighted by Crippen LogP contribution is 2.28. The average Bonchev–Trinajstić information content (AvgIpc) is 2.47. The van der Waals surface area contributed by atoms with Crippen LogP contribution in [0.5, 0.6) is 5.75 Å². The lowest BCUT2D eigenvalue weighted by Crippen LogP contribution is -1.92. The molecule has 3 rings (SSSR count). The summed E-state index contributed by atoms with van der Waals surface area (Å²) in [5.74, 6) is 1.30. The minimum absolute atomic E-state index is 0.402. The molecule has 0 aliphatic carbocycles. The third-order valence-corrected chi connectivity index (χ3v) is 3.50. The Labute approximate surface area is 126 Å². The summed E-state index contributed by atoms with van der Waals surface area (Å²) in [5, 5.41) is 1.84. The van der Waals surface area contributed by atoms with Crippen molar-refractivity contribution in [2.45, 2.75) is 0 Å². The van der Waals surface area contributed by atoms with Gasteiger partial charge in [0.2, 0.25) is 0 Å². The van der Waals surface area contributed by atoms with Crippen LogP contribution in [0, 0.1) is 0 Å². The summed E-state index contributed by atoms with van der Waals surface area (Å²) in [6.07, 6.45) is 0. The van der Waals surface area contributed by atoms with E-state index >= 15 is 0 Å². The molecule has 0 spiro atoms. The van der Waals surface area contributed by atoms with Gasteiger partial charge in [-0.3, -0.25) is 0 Å². The number of hydrogen-bond donors (Lipinski definition) is 0. The third-order valence-electron chi connectivity index (χ3n) is 2.96. The maximum Gasteiger partial charge on any atom is 0.161 e. The topological polar surface area (TPSA) is 35.0 Å². The van der Waals surface area contributed by atoms with Crippen molar-refractivity contribution in [3.63, 3.8) is 0 Å². The number of hydrogen-bond acceptors (Lipinski definition) is 3. The minimum Gasteiger partial charge on any atom is -0.497 e. The highest BCUT2D eigenvalue weighted by molar-refractivity contribution is 6.34. The predicted molar refractivity (Wildman–Crippen MR) is 81.5 cm³/mol. The van der Waals surface area contributed by atoms with E-state index in [0.717, 1.165) is 22.2 Å². The van der Waals surface area contributed by atoms with Gasteiger partial charge in [-0.05, 0) is 42.5 Å². The van der Waals surface area contributed by atoms with Crippen molar-refractivity contribution in [1.29, 1.82) is 0 Å². The second kappa shape index (κ2) is 5.27. The molecule has 0 aliphatic heterocycles. The Morgan fingerprint density at radius 3 is 2.40 bits per heavy atom. The van der Waals surface area contributed by atoms with E-state index in [1.54, 1.807) is 19.2 Å². The van der Waals surface area contributed by atoms with E-state index in [-0.39, 0.29) is 0 Å². The molecule has 0 unspecified atom stereocenters. The molecule has 0 radical (unpaired) electrons. The van der Waals surface area contributed by atoms with Gasteiger partial charge in [0, 0.05) is 16.0 Å². The first-order valence-electron chi connectivity index (χ1n) is 5.94. The molecule has 0 bridgehead atoms. The lowest BCUT2D eigenvalue weighted by Gasteiger charge is -2.06. The molecule has 0 saturated heterocycles. The minimum atomic E-state index is 0.402. The Morgan fingerprint density at radius 1 is 0.950 bits per heavy atom. The van der Waals surface area contributed by atoms with Crippen LogP contribution in [0.15, 0.2) is 42.5 Å². The number of fused-ring (bicyclic) bond motifs is 1. The van der Waals surface area contributed by atoms with Crippen LogP contribution in [0.4, 0.5) is 0 Å². The maximum atomic E-state index is 6.24. The summed E-state index contributed by atoms with van der Waals surface area (Å²) in [7, 11) is 1.61. The number of benzene rings is 2. The van der Waals surface area contributed by atoms with Crippen LogP contribution < -0.4 is 4.74 Å². The fourth-order valence-electron chi connectivity index (χ4n) is 1.93. The van der Waals surface area contributed by atoms with Crippen molar-refractivity contribution >= 4 is 34.1 Å². The highest BCUT2D eigenvalue weighted by Gasteiger charge is 2.09. The lowest BCUT2D eigenvalue weighted by atomic mass is 10.2. The van der Waals surface area contributed by atoms with Crippen LogP contribution in [0.3, 0.4) is 0 Å². The average molecular weight is 305 g/mol. The molecule has 0 saturated carbocycles. The third kappa shape index (κ3) is 2.42. The molecule has 0 atom stereocenters. The largest absolute Gasteiger partial charge is 0.497 e. The first-order chi connectivity index (χ1) is 9.67. The number of nitrogens with zero attached hydrogens (tertiary/aromatic N) is 2. The van der Waals surface area contributed by atoms with E-state index in [1.165, 1.54) is 0 Å². The molecule has 0 N–H and O–H groups in total. The Bertz CT molecular complexity index is 773. The molecule has 20 heavy (non-hydrogen) atoms. The lowest BCUT2D eigenvalue weighted by molar-refractivity contribution is 0.415. The summed E-state index contributed by atoms with van der Waals surface area (Å²) in [6, 6.07) is 12.9. The summed E-state index contributed by atoms with van der Waals surface area (Å²) in [6.45, 7) is 0. The van der Waals surface area contributed by atoms with E-state index in [1.807, 2.05) is 30.3 Å². The Kier molecular flexibility index (Phi) is 3.47. The zero-order chi connectivity index (χ0) is 14.1. The summed E-state index contributed by atoms with van der Waals surface area (Å²) >= 11 is 12.1. The van der Waals surface area contributed by atoms with Gasteiger partial charge in [-0.25, -0.2) is 9.97 Å². The molecule has 0 fully saturated rings. The summed E-state index contributed by atoms with van der Waals surface area (Å²) < 4.78 is 5.18. The smallest absolute Gasteiger partial charge is 0.161 e. The van der Waals surface area contributed by atoms with Crippen LogP contribution in [0.2, 0.25) is 10.2 Å². The van der Waals surface area contributed by atoms with Gasteiger partial charge >= 0.3 is 0 Å². The van der Waals surface area contributed by atoms with Gasteiger partial charge in [0.15, 0.2) is 5.82 Å². The molecule has 0 amide bonds. The fraction of sp³-hybridized carbons (Fsp3) is 0.0667. The zero-order valence-electron chi connectivity index (χ0n) is 10.6. The molecule has 3 aromatic rings. The number of aromatic nitrogens is 2. The molecule has 3 nitrogen and oxygen atoms in total. The summed E-state index contributed by atoms with van der Waals surface area (Å²) in [4.78, 5) is 8.85. The number of methoxy groups -OCH3 is 1. The van der Waals surface area contributed by atoms with Gasteiger partial charge in [0.1, 0.15) is 10.9 Å². The first kappa shape index (κ1) is 13.2. The molecule has 2 aromatic carbocycles. The molecule has 0 aliphatic rings. The van der Waals surface area contributed by atoms with Gasteiger partial charge in [0.05, 0.1) is 12.6 Å². The van der Waals surface area contributed by atoms with Crippen molar-refractivity contribution < 1.29 is 4.74 Å². The second-order valence-corrected chi connectivity index (χ2v) is 5.02. The van der Waals surface area contributed by atoms with Crippen LogP contribution in [0.1, 0.15) is 0 Å². The van der Waals surface area contributed by atoms with E-state index in [4.69, 9.17) is 27.9 Å². The fourth-order valence-corrected chi connectivity index (χ4v) is 2.28. The Morgan fingerprint density at radius 2 is 1.70 bits per heavy atom. The van der Waals surface area contributed by atoms with Gasteiger partial charge in [-0.1, -0.05) is 23.2 Å². The van der Waals surface area contributed by atoms with Gasteiger partial charge < -0.3 is 4.74 Å². The molecule has 1 aromatic heterocycles. The van der Waals surface area contributed by atoms with Crippen LogP contribution >= 0.6 is 23.2 Å². The standard InChI is InChI=1S/C15H10Cl2N2O/c1-20-11-6-7-13-12(8-11)14(17)19-15(18-13)9-2-4-10(16)5-3-9/h2-8H,1H3. The molecular formula is C15H10Cl2N2O. The predicted octanol–water partition coefficient (Wildman–Crippen LogP) is 4.61. The number of halogens is 2. The van der Waals surface area contributed by atoms with E-state index < -0.39 is 0 Å². The van der Waals surface area contributed by atoms with E-state index in [0.29, 0.717) is 16.0 Å². The number of rotatable bonds is 2. The molecule has 5 heteroatoms. The maximum absolute atomic E-state index is 6.24. The highest BCUT2D eigenvalue weighted by atomic mass is 35.5. The normalized spacial score (nSPS) is 10.8. The Balaban J connectivity index is 2.17. The summed E-state index contributed by atoms with van der Waals surface area (Å²) in [5.41, 5.74) is 1.64. The molecule has 1 heterocycles. The van der Waals surface area contributed by atoms with Crippen molar-refractivity contribution in [3.8, 4) is 17.1 Å². The van der Waals surface area contributed by atoms with Crippen LogP contribution in [-0.2, 0) is 0 Å². The van der Waals surface area contributed by atoms with Crippen molar-refractivity contribution in [2.75, 3.05) is 7.11 Å². The monoisotopic (exact) mass is 304 g/mol. The van der Waals surface area contributed by atoms with Crippen LogP contribution in [-0.4, -0.2) is 17.1 Å². The van der Waals surface area contributed by atoms with Gasteiger partial charge in [0.25, 0.3) is 0 Å². The van der Waals surface area contributed by atoms with E-state index in [2.05, 4.69) is 9.97 Å². The first-order valence-corrected chi connectivity index (χ1v) is 6.70.